The number of esters is 1. The van der Waals surface area contributed by atoms with E-state index in [0.717, 1.165) is 18.4 Å². The molecule has 1 aromatic carbocycles. The second kappa shape index (κ2) is 10.9. The molecule has 0 amide bonds. The molecule has 26 heavy (non-hydrogen) atoms. The molecule has 0 bridgehead atoms. The molecule has 0 aromatic heterocycles. The summed E-state index contributed by atoms with van der Waals surface area (Å²) in [6.07, 6.45) is 7.69. The first-order valence-corrected chi connectivity index (χ1v) is 9.18. The summed E-state index contributed by atoms with van der Waals surface area (Å²) < 4.78 is 5.42. The second-order valence-corrected chi connectivity index (χ2v) is 6.64. The van der Waals surface area contributed by atoms with Crippen molar-refractivity contribution in [3.05, 3.63) is 59.7 Å². The number of likely N-dealkylation sites (N-methyl/N-ethyl adjacent to an activating group) is 1. The summed E-state index contributed by atoms with van der Waals surface area (Å²) in [6, 6.07) is 9.76. The van der Waals surface area contributed by atoms with E-state index in [1.165, 1.54) is 5.57 Å². The lowest BCUT2D eigenvalue weighted by Crippen LogP contribution is -2.51. The van der Waals surface area contributed by atoms with Crippen LogP contribution in [0.25, 0.3) is 0 Å². The van der Waals surface area contributed by atoms with Gasteiger partial charge >= 0.3 is 5.97 Å². The summed E-state index contributed by atoms with van der Waals surface area (Å²) in [6.45, 7) is 5.64. The molecule has 2 atom stereocenters. The summed E-state index contributed by atoms with van der Waals surface area (Å²) in [5, 5.41) is 5.18. The number of allylic oxidation sites excluding steroid dienone is 3. The fourth-order valence-corrected chi connectivity index (χ4v) is 2.80. The molecular weight excluding hydrogens is 328 g/mol. The Morgan fingerprint density at radius 3 is 2.73 bits per heavy atom. The Labute approximate surface area is 156 Å². The van der Waals surface area contributed by atoms with Crippen LogP contribution in [0.2, 0.25) is 0 Å². The van der Waals surface area contributed by atoms with E-state index in [1.54, 1.807) is 0 Å². The normalized spacial score (nSPS) is 21.3. The molecule has 0 spiro atoms. The molecule has 0 aliphatic carbocycles. The SMILES string of the molecule is CC=CC=C(C)CON(C)C1CCC(C(=O)OCc2ccccc2)NC1. The fraction of sp³-hybridized carbons (Fsp3) is 0.476. The van der Waals surface area contributed by atoms with Gasteiger partial charge < -0.3 is 10.1 Å². The summed E-state index contributed by atoms with van der Waals surface area (Å²) >= 11 is 0. The average molecular weight is 358 g/mol. The summed E-state index contributed by atoms with van der Waals surface area (Å²) in [5.41, 5.74) is 2.17. The average Bonchev–Trinajstić information content (AvgIpc) is 2.69. The minimum Gasteiger partial charge on any atom is -0.460 e. The van der Waals surface area contributed by atoms with Crippen molar-refractivity contribution in [2.75, 3.05) is 20.2 Å². The van der Waals surface area contributed by atoms with Crippen molar-refractivity contribution in [2.45, 2.75) is 45.4 Å². The monoisotopic (exact) mass is 358 g/mol. The standard InChI is InChI=1S/C21H30N2O3/c1-4-5-9-17(2)15-26-23(3)19-12-13-20(22-14-19)21(24)25-16-18-10-7-6-8-11-18/h4-11,19-20,22H,12-16H2,1-3H3. The maximum atomic E-state index is 12.2. The molecule has 0 radical (unpaired) electrons. The first-order valence-electron chi connectivity index (χ1n) is 9.18. The molecule has 1 aliphatic rings. The van der Waals surface area contributed by atoms with Gasteiger partial charge in [0.2, 0.25) is 0 Å². The number of rotatable bonds is 8. The molecule has 1 fully saturated rings. The van der Waals surface area contributed by atoms with Gasteiger partial charge in [0, 0.05) is 19.6 Å². The minimum absolute atomic E-state index is 0.180. The Morgan fingerprint density at radius 1 is 1.31 bits per heavy atom. The van der Waals surface area contributed by atoms with Crippen LogP contribution in [0.15, 0.2) is 54.1 Å². The van der Waals surface area contributed by atoms with Crippen molar-refractivity contribution >= 4 is 5.97 Å². The number of benzene rings is 1. The Morgan fingerprint density at radius 2 is 2.08 bits per heavy atom. The van der Waals surface area contributed by atoms with Crippen LogP contribution >= 0.6 is 0 Å². The van der Waals surface area contributed by atoms with E-state index in [1.807, 2.05) is 74.5 Å². The molecule has 5 nitrogen and oxygen atoms in total. The molecular formula is C21H30N2O3. The van der Waals surface area contributed by atoms with E-state index in [2.05, 4.69) is 5.32 Å². The Hall–Kier alpha value is -1.95. The van der Waals surface area contributed by atoms with Gasteiger partial charge in [-0.05, 0) is 37.8 Å². The van der Waals surface area contributed by atoms with E-state index in [4.69, 9.17) is 9.57 Å². The zero-order valence-electron chi connectivity index (χ0n) is 16.0. The zero-order valence-corrected chi connectivity index (χ0v) is 16.0. The van der Waals surface area contributed by atoms with Gasteiger partial charge in [0.15, 0.2) is 0 Å². The number of hydrogen-bond donors (Lipinski definition) is 1. The summed E-state index contributed by atoms with van der Waals surface area (Å²) in [5.74, 6) is -0.180. The lowest BCUT2D eigenvalue weighted by Gasteiger charge is -2.33. The number of hydrogen-bond acceptors (Lipinski definition) is 5. The van der Waals surface area contributed by atoms with E-state index in [-0.39, 0.29) is 18.1 Å². The zero-order chi connectivity index (χ0) is 18.8. The molecule has 5 heteroatoms. The van der Waals surface area contributed by atoms with Crippen LogP contribution in [0.1, 0.15) is 32.3 Å². The van der Waals surface area contributed by atoms with Gasteiger partial charge in [-0.1, -0.05) is 48.6 Å². The van der Waals surface area contributed by atoms with Crippen molar-refractivity contribution < 1.29 is 14.4 Å². The van der Waals surface area contributed by atoms with Gasteiger partial charge in [0.25, 0.3) is 0 Å². The van der Waals surface area contributed by atoms with Crippen molar-refractivity contribution in [3.8, 4) is 0 Å². The third-order valence-electron chi connectivity index (χ3n) is 4.48. The van der Waals surface area contributed by atoms with Crippen LogP contribution in [0.5, 0.6) is 0 Å². The van der Waals surface area contributed by atoms with Gasteiger partial charge in [0.1, 0.15) is 12.6 Å². The Bertz CT molecular complexity index is 605. The molecule has 2 rings (SSSR count). The molecule has 1 heterocycles. The number of hydroxylamine groups is 2. The van der Waals surface area contributed by atoms with Gasteiger partial charge in [-0.3, -0.25) is 9.63 Å². The second-order valence-electron chi connectivity index (χ2n) is 6.64. The molecule has 142 valence electrons. The third-order valence-corrected chi connectivity index (χ3v) is 4.48. The predicted octanol–water partition coefficient (Wildman–Crippen LogP) is 3.24. The number of ether oxygens (including phenoxy) is 1. The molecule has 1 N–H and O–H groups in total. The highest BCUT2D eigenvalue weighted by atomic mass is 16.7. The number of nitrogens with zero attached hydrogens (tertiary/aromatic N) is 1. The molecule has 1 aromatic rings. The third kappa shape index (κ3) is 6.75. The van der Waals surface area contributed by atoms with E-state index >= 15 is 0 Å². The van der Waals surface area contributed by atoms with E-state index < -0.39 is 0 Å². The Kier molecular flexibility index (Phi) is 8.54. The minimum atomic E-state index is -0.236. The van der Waals surface area contributed by atoms with Gasteiger partial charge in [-0.15, -0.1) is 0 Å². The number of piperidine rings is 1. The fourth-order valence-electron chi connectivity index (χ4n) is 2.80. The van der Waals surface area contributed by atoms with Crippen LogP contribution < -0.4 is 5.32 Å². The van der Waals surface area contributed by atoms with Crippen LogP contribution in [0.3, 0.4) is 0 Å². The van der Waals surface area contributed by atoms with Crippen molar-refractivity contribution in [1.82, 2.24) is 10.4 Å². The largest absolute Gasteiger partial charge is 0.460 e. The number of carbonyl (C=O) groups excluding carboxylic acids is 1. The van der Waals surface area contributed by atoms with Crippen LogP contribution in [0, 0.1) is 0 Å². The lowest BCUT2D eigenvalue weighted by molar-refractivity contribution is -0.167. The quantitative estimate of drug-likeness (QED) is 0.439. The Balaban J connectivity index is 1.69. The maximum Gasteiger partial charge on any atom is 0.323 e. The van der Waals surface area contributed by atoms with Crippen molar-refractivity contribution in [1.29, 1.82) is 0 Å². The van der Waals surface area contributed by atoms with E-state index in [9.17, 15) is 4.79 Å². The van der Waals surface area contributed by atoms with Gasteiger partial charge in [-0.2, -0.15) is 5.06 Å². The topological polar surface area (TPSA) is 50.8 Å². The number of nitrogens with one attached hydrogen (secondary N) is 1. The first kappa shape index (κ1) is 20.4. The summed E-state index contributed by atoms with van der Waals surface area (Å²) in [7, 11) is 1.95. The van der Waals surface area contributed by atoms with Crippen LogP contribution in [-0.2, 0) is 21.0 Å². The van der Waals surface area contributed by atoms with Crippen molar-refractivity contribution in [2.24, 2.45) is 0 Å². The molecule has 1 aliphatic heterocycles. The molecule has 2 unspecified atom stereocenters. The van der Waals surface area contributed by atoms with Crippen LogP contribution in [-0.4, -0.2) is 43.3 Å². The van der Waals surface area contributed by atoms with Gasteiger partial charge in [-0.25, -0.2) is 0 Å². The maximum absolute atomic E-state index is 12.2. The predicted molar refractivity (Wildman–Crippen MR) is 103 cm³/mol. The first-order chi connectivity index (χ1) is 12.6. The van der Waals surface area contributed by atoms with Gasteiger partial charge in [0.05, 0.1) is 6.61 Å². The molecule has 0 saturated carbocycles. The van der Waals surface area contributed by atoms with E-state index in [0.29, 0.717) is 19.8 Å². The highest BCUT2D eigenvalue weighted by Gasteiger charge is 2.29. The smallest absolute Gasteiger partial charge is 0.323 e. The molecule has 1 saturated heterocycles. The number of carbonyl (C=O) groups is 1. The highest BCUT2D eigenvalue weighted by molar-refractivity contribution is 5.75. The van der Waals surface area contributed by atoms with Crippen LogP contribution in [0.4, 0.5) is 0 Å². The lowest BCUT2D eigenvalue weighted by atomic mass is 10.0. The highest BCUT2D eigenvalue weighted by Crippen LogP contribution is 2.15. The summed E-state index contributed by atoms with van der Waals surface area (Å²) in [4.78, 5) is 18.0. The van der Waals surface area contributed by atoms with Crippen molar-refractivity contribution in [3.63, 3.8) is 0 Å².